The molecule has 0 unspecified atom stereocenters. The van der Waals surface area contributed by atoms with Crippen LogP contribution in [0.4, 0.5) is 32.0 Å². The van der Waals surface area contributed by atoms with Crippen molar-refractivity contribution in [1.82, 2.24) is 0 Å². The van der Waals surface area contributed by atoms with Gasteiger partial charge in [0.15, 0.2) is 6.61 Å². The van der Waals surface area contributed by atoms with Gasteiger partial charge in [-0.1, -0.05) is 0 Å². The van der Waals surface area contributed by atoms with Crippen LogP contribution in [-0.4, -0.2) is 34.9 Å². The lowest BCUT2D eigenvalue weighted by Crippen LogP contribution is -2.15. The second-order valence-electron chi connectivity index (χ2n) is 6.49. The number of nitrogens with zero attached hydrogens (tertiary/aromatic N) is 1. The van der Waals surface area contributed by atoms with Crippen molar-refractivity contribution in [2.45, 2.75) is 24.2 Å². The van der Waals surface area contributed by atoms with E-state index < -0.39 is 41.8 Å². The molecule has 13 heteroatoms. The van der Waals surface area contributed by atoms with Crippen LogP contribution in [-0.2, 0) is 17.1 Å². The van der Waals surface area contributed by atoms with Crippen LogP contribution >= 0.6 is 11.8 Å². The highest BCUT2D eigenvalue weighted by Gasteiger charge is 2.35. The largest absolute Gasteiger partial charge is 0.481 e. The Kier molecular flexibility index (Phi) is 8.36. The SMILES string of the molecule is C/C(=N/Nc1ccc(C(F)(F)F)cc1)C(=N)CSc1ccc(OCC(=O)O)c(C(F)(F)F)c1. The van der Waals surface area contributed by atoms with E-state index in [4.69, 9.17) is 10.5 Å². The smallest absolute Gasteiger partial charge is 0.420 e. The molecule has 0 fully saturated rings. The van der Waals surface area contributed by atoms with Gasteiger partial charge in [0.25, 0.3) is 0 Å². The summed E-state index contributed by atoms with van der Waals surface area (Å²) >= 11 is 0.917. The minimum Gasteiger partial charge on any atom is -0.481 e. The van der Waals surface area contributed by atoms with Gasteiger partial charge in [0.1, 0.15) is 5.75 Å². The molecular weight excluding hydrogens is 476 g/mol. The van der Waals surface area contributed by atoms with Crippen LogP contribution in [0.3, 0.4) is 0 Å². The number of hydrogen-bond acceptors (Lipinski definition) is 6. The lowest BCUT2D eigenvalue weighted by atomic mass is 10.2. The van der Waals surface area contributed by atoms with Crippen LogP contribution in [0.5, 0.6) is 5.75 Å². The first kappa shape index (κ1) is 26.0. The maximum atomic E-state index is 13.3. The van der Waals surface area contributed by atoms with E-state index in [9.17, 15) is 31.1 Å². The Balaban J connectivity index is 2.01. The molecule has 0 atom stereocenters. The summed E-state index contributed by atoms with van der Waals surface area (Å²) in [7, 11) is 0. The number of hydrogen-bond donors (Lipinski definition) is 3. The first-order valence-electron chi connectivity index (χ1n) is 9.01. The number of alkyl halides is 6. The predicted octanol–water partition coefficient (Wildman–Crippen LogP) is 5.79. The summed E-state index contributed by atoms with van der Waals surface area (Å²) in [6.45, 7) is 0.533. The van der Waals surface area contributed by atoms with Gasteiger partial charge in [-0.15, -0.1) is 11.8 Å². The molecule has 0 bridgehead atoms. The average molecular weight is 493 g/mol. The Morgan fingerprint density at radius 3 is 2.27 bits per heavy atom. The summed E-state index contributed by atoms with van der Waals surface area (Å²) in [5.41, 5.74) is 0.962. The number of thioether (sulfide) groups is 1. The Labute approximate surface area is 188 Å². The molecular formula is C20H17F6N3O3S. The molecule has 2 rings (SSSR count). The normalized spacial score (nSPS) is 12.4. The van der Waals surface area contributed by atoms with Gasteiger partial charge in [-0.3, -0.25) is 5.43 Å². The number of anilines is 1. The number of carbonyl (C=O) groups is 1. The van der Waals surface area contributed by atoms with Crippen molar-refractivity contribution in [2.75, 3.05) is 17.8 Å². The highest BCUT2D eigenvalue weighted by Crippen LogP contribution is 2.38. The van der Waals surface area contributed by atoms with Gasteiger partial charge in [0, 0.05) is 10.6 Å². The lowest BCUT2D eigenvalue weighted by Gasteiger charge is -2.14. The van der Waals surface area contributed by atoms with Crippen LogP contribution in [0.1, 0.15) is 18.1 Å². The molecule has 3 N–H and O–H groups in total. The van der Waals surface area contributed by atoms with E-state index in [1.54, 1.807) is 0 Å². The molecule has 0 aliphatic rings. The zero-order valence-corrected chi connectivity index (χ0v) is 17.7. The molecule has 33 heavy (non-hydrogen) atoms. The van der Waals surface area contributed by atoms with Gasteiger partial charge in [0.05, 0.1) is 28.2 Å². The van der Waals surface area contributed by atoms with Gasteiger partial charge in [-0.25, -0.2) is 4.79 Å². The summed E-state index contributed by atoms with van der Waals surface area (Å²) in [4.78, 5) is 10.7. The fraction of sp³-hybridized carbons (Fsp3) is 0.250. The van der Waals surface area contributed by atoms with Crippen LogP contribution in [0, 0.1) is 5.41 Å². The Morgan fingerprint density at radius 2 is 1.73 bits per heavy atom. The van der Waals surface area contributed by atoms with Crippen molar-refractivity contribution in [1.29, 1.82) is 5.41 Å². The molecule has 0 aromatic heterocycles. The van der Waals surface area contributed by atoms with Crippen molar-refractivity contribution >= 4 is 34.8 Å². The molecule has 2 aromatic carbocycles. The Bertz CT molecular complexity index is 1040. The third-order valence-electron chi connectivity index (χ3n) is 3.99. The lowest BCUT2D eigenvalue weighted by molar-refractivity contribution is -0.143. The van der Waals surface area contributed by atoms with E-state index in [0.29, 0.717) is 0 Å². The number of carboxylic acids is 1. The Morgan fingerprint density at radius 1 is 1.09 bits per heavy atom. The number of carboxylic acid groups (broad SMARTS) is 1. The molecule has 2 aromatic rings. The summed E-state index contributed by atoms with van der Waals surface area (Å²) in [6.07, 6.45) is -9.25. The highest BCUT2D eigenvalue weighted by atomic mass is 32.2. The maximum absolute atomic E-state index is 13.3. The zero-order chi connectivity index (χ0) is 24.8. The summed E-state index contributed by atoms with van der Waals surface area (Å²) in [5.74, 6) is -2.09. The fourth-order valence-electron chi connectivity index (χ4n) is 2.30. The molecule has 0 aliphatic heterocycles. The minimum absolute atomic E-state index is 0.0285. The maximum Gasteiger partial charge on any atom is 0.420 e. The quantitative estimate of drug-likeness (QED) is 0.178. The topological polar surface area (TPSA) is 94.8 Å². The number of hydrazone groups is 1. The predicted molar refractivity (Wildman–Crippen MR) is 111 cm³/mol. The monoisotopic (exact) mass is 493 g/mol. The Hall–Kier alpha value is -3.22. The summed E-state index contributed by atoms with van der Waals surface area (Å²) < 4.78 is 82.2. The van der Waals surface area contributed by atoms with E-state index in [1.807, 2.05) is 0 Å². The second kappa shape index (κ2) is 10.6. The van der Waals surface area contributed by atoms with Crippen molar-refractivity contribution < 1.29 is 41.0 Å². The van der Waals surface area contributed by atoms with E-state index in [0.717, 1.165) is 36.0 Å². The fourth-order valence-corrected chi connectivity index (χ4v) is 3.18. The van der Waals surface area contributed by atoms with Crippen molar-refractivity contribution in [3.63, 3.8) is 0 Å². The van der Waals surface area contributed by atoms with Crippen LogP contribution in [0.15, 0.2) is 52.5 Å². The highest BCUT2D eigenvalue weighted by molar-refractivity contribution is 8.00. The van der Waals surface area contributed by atoms with E-state index in [2.05, 4.69) is 15.3 Å². The van der Waals surface area contributed by atoms with Crippen molar-refractivity contribution in [3.8, 4) is 5.75 Å². The third kappa shape index (κ3) is 8.00. The molecule has 6 nitrogen and oxygen atoms in total. The standard InChI is InChI=1S/C20H17F6N3O3S/c1-11(28-29-13-4-2-12(3-5-13)19(21,22)23)16(27)10-33-14-6-7-17(32-9-18(30)31)15(8-14)20(24,25)26/h2-8,27,29H,9-10H2,1H3,(H,30,31)/b27-16?,28-11-. The minimum atomic E-state index is -4.78. The van der Waals surface area contributed by atoms with Gasteiger partial charge in [-0.2, -0.15) is 31.4 Å². The van der Waals surface area contributed by atoms with Crippen LogP contribution in [0.25, 0.3) is 0 Å². The number of halogens is 6. The number of benzene rings is 2. The molecule has 0 saturated heterocycles. The van der Waals surface area contributed by atoms with Gasteiger partial charge in [0.2, 0.25) is 0 Å². The molecule has 0 radical (unpaired) electrons. The molecule has 0 heterocycles. The van der Waals surface area contributed by atoms with Crippen LogP contribution < -0.4 is 10.2 Å². The zero-order valence-electron chi connectivity index (χ0n) is 16.8. The molecule has 178 valence electrons. The number of nitrogens with one attached hydrogen (secondary N) is 2. The van der Waals surface area contributed by atoms with Gasteiger partial charge >= 0.3 is 18.3 Å². The number of aliphatic carboxylic acids is 1. The summed E-state index contributed by atoms with van der Waals surface area (Å²) in [6, 6.07) is 7.19. The van der Waals surface area contributed by atoms with Crippen molar-refractivity contribution in [2.24, 2.45) is 5.10 Å². The number of ether oxygens (including phenoxy) is 1. The molecule has 0 amide bonds. The van der Waals surface area contributed by atoms with E-state index in [-0.39, 0.29) is 27.8 Å². The third-order valence-corrected chi connectivity index (χ3v) is 5.01. The molecule has 0 aliphatic carbocycles. The first-order chi connectivity index (χ1) is 15.3. The number of rotatable bonds is 9. The van der Waals surface area contributed by atoms with E-state index >= 15 is 0 Å². The first-order valence-corrected chi connectivity index (χ1v) is 10.00. The van der Waals surface area contributed by atoms with Gasteiger partial charge in [-0.05, 0) is 49.4 Å². The van der Waals surface area contributed by atoms with Gasteiger partial charge < -0.3 is 15.3 Å². The average Bonchev–Trinajstić information content (AvgIpc) is 2.73. The summed E-state index contributed by atoms with van der Waals surface area (Å²) in [5, 5.41) is 20.5. The molecule has 0 spiro atoms. The van der Waals surface area contributed by atoms with E-state index in [1.165, 1.54) is 25.1 Å². The van der Waals surface area contributed by atoms with Crippen LogP contribution in [0.2, 0.25) is 0 Å². The molecule has 0 saturated carbocycles. The second-order valence-corrected chi connectivity index (χ2v) is 7.54. The van der Waals surface area contributed by atoms with Crippen molar-refractivity contribution in [3.05, 3.63) is 53.6 Å².